The molecule has 4 nitrogen and oxygen atoms in total. The highest BCUT2D eigenvalue weighted by Crippen LogP contribution is 2.35. The summed E-state index contributed by atoms with van der Waals surface area (Å²) in [6.45, 7) is 5.02. The Bertz CT molecular complexity index is 520. The fourth-order valence-corrected chi connectivity index (χ4v) is 3.36. The zero-order valence-corrected chi connectivity index (χ0v) is 12.3. The Balaban J connectivity index is 2.39. The number of nitrogens with zero attached hydrogens (tertiary/aromatic N) is 3. The van der Waals surface area contributed by atoms with Crippen LogP contribution in [0.4, 0.5) is 0 Å². The van der Waals surface area contributed by atoms with E-state index in [9.17, 15) is 0 Å². The second-order valence-electron chi connectivity index (χ2n) is 4.20. The topological polar surface area (TPSA) is 42.7 Å². The van der Waals surface area contributed by atoms with Crippen molar-refractivity contribution in [3.63, 3.8) is 0 Å². The maximum atomic E-state index is 6.35. The van der Waals surface area contributed by atoms with Gasteiger partial charge in [0.25, 0.3) is 0 Å². The van der Waals surface area contributed by atoms with Crippen molar-refractivity contribution < 1.29 is 0 Å². The maximum absolute atomic E-state index is 6.35. The van der Waals surface area contributed by atoms with Gasteiger partial charge < -0.3 is 5.32 Å². The van der Waals surface area contributed by atoms with Gasteiger partial charge in [-0.15, -0.1) is 16.4 Å². The van der Waals surface area contributed by atoms with Gasteiger partial charge in [0.15, 0.2) is 0 Å². The van der Waals surface area contributed by atoms with Gasteiger partial charge in [-0.2, -0.15) is 0 Å². The van der Waals surface area contributed by atoms with Crippen molar-refractivity contribution >= 4 is 22.9 Å². The van der Waals surface area contributed by atoms with E-state index in [1.807, 2.05) is 24.9 Å². The van der Waals surface area contributed by atoms with Gasteiger partial charge in [0.2, 0.25) is 0 Å². The predicted molar refractivity (Wildman–Crippen MR) is 75.3 cm³/mol. The van der Waals surface area contributed by atoms with Crippen molar-refractivity contribution in [1.29, 1.82) is 0 Å². The Morgan fingerprint density at radius 2 is 2.33 bits per heavy atom. The Labute approximate surface area is 116 Å². The third-order valence-electron chi connectivity index (χ3n) is 2.85. The number of thiophene rings is 1. The van der Waals surface area contributed by atoms with Crippen LogP contribution in [0.3, 0.4) is 0 Å². The number of aromatic nitrogens is 3. The van der Waals surface area contributed by atoms with Crippen LogP contribution in [-0.4, -0.2) is 22.0 Å². The summed E-state index contributed by atoms with van der Waals surface area (Å²) in [7, 11) is 1.93. The average molecular weight is 285 g/mol. The summed E-state index contributed by atoms with van der Waals surface area (Å²) in [6, 6.07) is 0.0535. The Morgan fingerprint density at radius 1 is 1.56 bits per heavy atom. The van der Waals surface area contributed by atoms with Crippen molar-refractivity contribution in [2.75, 3.05) is 7.05 Å². The first-order valence-corrected chi connectivity index (χ1v) is 7.23. The predicted octanol–water partition coefficient (Wildman–Crippen LogP) is 3.02. The molecule has 0 radical (unpaired) electrons. The van der Waals surface area contributed by atoms with E-state index in [0.29, 0.717) is 0 Å². The molecule has 0 amide bonds. The molecule has 1 unspecified atom stereocenters. The summed E-state index contributed by atoms with van der Waals surface area (Å²) < 4.78 is 1.94. The quantitative estimate of drug-likeness (QED) is 0.918. The van der Waals surface area contributed by atoms with Crippen molar-refractivity contribution in [2.45, 2.75) is 32.9 Å². The SMILES string of the molecule is CCCn1nncc1C(NC)c1scc(C)c1Cl. The van der Waals surface area contributed by atoms with Gasteiger partial charge in [0, 0.05) is 11.4 Å². The molecule has 0 saturated heterocycles. The average Bonchev–Trinajstić information content (AvgIpc) is 2.93. The molecular weight excluding hydrogens is 268 g/mol. The number of halogens is 1. The van der Waals surface area contributed by atoms with Crippen LogP contribution in [0.1, 0.15) is 35.5 Å². The van der Waals surface area contributed by atoms with Crippen molar-refractivity contribution in [1.82, 2.24) is 20.3 Å². The van der Waals surface area contributed by atoms with Gasteiger partial charge in [-0.1, -0.05) is 23.7 Å². The van der Waals surface area contributed by atoms with Gasteiger partial charge >= 0.3 is 0 Å². The molecule has 0 aliphatic rings. The molecule has 1 atom stereocenters. The number of nitrogens with one attached hydrogen (secondary N) is 1. The Hall–Kier alpha value is -0.910. The molecule has 2 rings (SSSR count). The molecule has 18 heavy (non-hydrogen) atoms. The molecule has 98 valence electrons. The van der Waals surface area contributed by atoms with Gasteiger partial charge in [-0.05, 0) is 31.3 Å². The molecule has 2 heterocycles. The summed E-state index contributed by atoms with van der Waals surface area (Å²) in [5.41, 5.74) is 2.18. The summed E-state index contributed by atoms with van der Waals surface area (Å²) in [4.78, 5) is 1.12. The minimum absolute atomic E-state index is 0.0535. The van der Waals surface area contributed by atoms with Crippen molar-refractivity contribution in [2.24, 2.45) is 0 Å². The van der Waals surface area contributed by atoms with Crippen LogP contribution in [0.5, 0.6) is 0 Å². The van der Waals surface area contributed by atoms with Gasteiger partial charge in [-0.25, -0.2) is 4.68 Å². The second-order valence-corrected chi connectivity index (χ2v) is 5.49. The zero-order chi connectivity index (χ0) is 13.1. The first-order valence-electron chi connectivity index (χ1n) is 5.98. The Morgan fingerprint density at radius 3 is 2.89 bits per heavy atom. The van der Waals surface area contributed by atoms with E-state index in [2.05, 4.69) is 27.9 Å². The molecular formula is C12H17ClN4S. The molecule has 2 aromatic heterocycles. The minimum Gasteiger partial charge on any atom is -0.307 e. The molecule has 0 saturated carbocycles. The van der Waals surface area contributed by atoms with Gasteiger partial charge in [0.1, 0.15) is 0 Å². The lowest BCUT2D eigenvalue weighted by Crippen LogP contribution is -2.21. The maximum Gasteiger partial charge on any atom is 0.0871 e. The van der Waals surface area contributed by atoms with Crippen LogP contribution in [0.15, 0.2) is 11.6 Å². The van der Waals surface area contributed by atoms with E-state index in [1.54, 1.807) is 11.3 Å². The van der Waals surface area contributed by atoms with Crippen LogP contribution in [0, 0.1) is 6.92 Å². The lowest BCUT2D eigenvalue weighted by Gasteiger charge is -2.16. The number of rotatable bonds is 5. The molecule has 0 aliphatic carbocycles. The lowest BCUT2D eigenvalue weighted by atomic mass is 10.1. The zero-order valence-electron chi connectivity index (χ0n) is 10.8. The summed E-state index contributed by atoms with van der Waals surface area (Å²) in [5.74, 6) is 0. The first kappa shape index (κ1) is 13.5. The van der Waals surface area contributed by atoms with E-state index in [1.165, 1.54) is 0 Å². The van der Waals surface area contributed by atoms with Crippen LogP contribution in [0.25, 0.3) is 0 Å². The fourth-order valence-electron chi connectivity index (χ4n) is 1.93. The number of hydrogen-bond donors (Lipinski definition) is 1. The molecule has 0 aromatic carbocycles. The van der Waals surface area contributed by atoms with Crippen LogP contribution < -0.4 is 5.32 Å². The van der Waals surface area contributed by atoms with Crippen LogP contribution in [0.2, 0.25) is 5.02 Å². The third kappa shape index (κ3) is 2.43. The van der Waals surface area contributed by atoms with Crippen LogP contribution in [-0.2, 0) is 6.54 Å². The van der Waals surface area contributed by atoms with E-state index >= 15 is 0 Å². The molecule has 0 bridgehead atoms. The van der Waals surface area contributed by atoms with Crippen molar-refractivity contribution in [3.8, 4) is 0 Å². The minimum atomic E-state index is 0.0535. The smallest absolute Gasteiger partial charge is 0.0871 e. The number of hydrogen-bond acceptors (Lipinski definition) is 4. The molecule has 1 N–H and O–H groups in total. The van der Waals surface area contributed by atoms with Crippen molar-refractivity contribution in [3.05, 3.63) is 32.7 Å². The van der Waals surface area contributed by atoms with Gasteiger partial charge in [0.05, 0.1) is 23.0 Å². The molecule has 0 spiro atoms. The van der Waals surface area contributed by atoms with Crippen LogP contribution >= 0.6 is 22.9 Å². The molecule has 6 heteroatoms. The Kier molecular flexibility index (Phi) is 4.37. The standard InChI is InChI=1S/C12H17ClN4S/c1-4-5-17-9(6-15-16-17)11(14-3)12-10(13)8(2)7-18-12/h6-7,11,14H,4-5H2,1-3H3. The number of aryl methyl sites for hydroxylation is 2. The van der Waals surface area contributed by atoms with E-state index < -0.39 is 0 Å². The third-order valence-corrected chi connectivity index (χ3v) is 4.63. The molecule has 0 aliphatic heterocycles. The van der Waals surface area contributed by atoms with Gasteiger partial charge in [-0.3, -0.25) is 0 Å². The highest BCUT2D eigenvalue weighted by atomic mass is 35.5. The fraction of sp³-hybridized carbons (Fsp3) is 0.500. The monoisotopic (exact) mass is 284 g/mol. The molecule has 2 aromatic rings. The summed E-state index contributed by atoms with van der Waals surface area (Å²) in [6.07, 6.45) is 2.84. The highest BCUT2D eigenvalue weighted by Gasteiger charge is 2.22. The van der Waals surface area contributed by atoms with E-state index in [0.717, 1.165) is 34.1 Å². The summed E-state index contributed by atoms with van der Waals surface area (Å²) >= 11 is 8.02. The molecule has 0 fully saturated rings. The first-order chi connectivity index (χ1) is 8.69. The lowest BCUT2D eigenvalue weighted by molar-refractivity contribution is 0.526. The van der Waals surface area contributed by atoms with E-state index in [-0.39, 0.29) is 6.04 Å². The largest absolute Gasteiger partial charge is 0.307 e. The normalized spacial score (nSPS) is 12.9. The summed E-state index contributed by atoms with van der Waals surface area (Å²) in [5, 5.41) is 14.3. The van der Waals surface area contributed by atoms with E-state index in [4.69, 9.17) is 11.6 Å². The highest BCUT2D eigenvalue weighted by molar-refractivity contribution is 7.10. The second kappa shape index (κ2) is 5.82.